The summed E-state index contributed by atoms with van der Waals surface area (Å²) in [4.78, 5) is 57.6. The van der Waals surface area contributed by atoms with E-state index in [2.05, 4.69) is 25.9 Å². The molecule has 3 aromatic rings. The number of nitrogens with one attached hydrogen (secondary N) is 3. The zero-order valence-corrected chi connectivity index (χ0v) is 17.4. The molecular formula is C21H20N6O4. The highest BCUT2D eigenvalue weighted by molar-refractivity contribution is 6.21. The number of fused-ring (bicyclic) bond motifs is 1. The van der Waals surface area contributed by atoms with Crippen molar-refractivity contribution in [3.05, 3.63) is 62.0 Å². The first-order chi connectivity index (χ1) is 14.5. The Balaban J connectivity index is 1.56. The molecule has 0 bridgehead atoms. The van der Waals surface area contributed by atoms with Gasteiger partial charge in [0.1, 0.15) is 17.2 Å². The fourth-order valence-electron chi connectivity index (χ4n) is 3.19. The van der Waals surface area contributed by atoms with Crippen LogP contribution in [0.4, 0.5) is 28.8 Å². The molecule has 0 fully saturated rings. The van der Waals surface area contributed by atoms with Crippen molar-refractivity contribution >= 4 is 40.6 Å². The zero-order valence-electron chi connectivity index (χ0n) is 17.4. The average molecular weight is 420 g/mol. The lowest BCUT2D eigenvalue weighted by molar-refractivity contribution is 0.0693. The summed E-state index contributed by atoms with van der Waals surface area (Å²) in [7, 11) is 1.43. The molecule has 1 aromatic heterocycles. The first-order valence-corrected chi connectivity index (χ1v) is 9.50. The lowest BCUT2D eigenvalue weighted by Crippen LogP contribution is -2.41. The minimum absolute atomic E-state index is 0.147. The van der Waals surface area contributed by atoms with Gasteiger partial charge in [0.25, 0.3) is 22.7 Å². The third-order valence-electron chi connectivity index (χ3n) is 4.66. The van der Waals surface area contributed by atoms with Crippen LogP contribution in [0.3, 0.4) is 0 Å². The molecule has 1 aliphatic heterocycles. The zero-order chi connectivity index (χ0) is 22.5. The maximum absolute atomic E-state index is 12.2. The summed E-state index contributed by atoms with van der Waals surface area (Å²) in [6, 6.07) is 6.33. The van der Waals surface area contributed by atoms with Gasteiger partial charge in [-0.1, -0.05) is 0 Å². The van der Waals surface area contributed by atoms with Crippen molar-refractivity contribution < 1.29 is 9.59 Å². The Hall–Kier alpha value is -4.08. The average Bonchev–Trinajstić information content (AvgIpc) is 2.94. The lowest BCUT2D eigenvalue weighted by Gasteiger charge is -2.24. The molecule has 0 saturated carbocycles. The Morgan fingerprint density at radius 2 is 1.55 bits per heavy atom. The van der Waals surface area contributed by atoms with E-state index in [-0.39, 0.29) is 29.1 Å². The molecule has 10 nitrogen and oxygen atoms in total. The number of anilines is 5. The molecule has 2 amide bonds. The Morgan fingerprint density at radius 1 is 0.871 bits per heavy atom. The van der Waals surface area contributed by atoms with Crippen molar-refractivity contribution in [1.82, 2.24) is 14.9 Å². The number of carbonyl (C=O) groups is 2. The smallest absolute Gasteiger partial charge is 0.261 e. The van der Waals surface area contributed by atoms with Gasteiger partial charge < -0.3 is 16.0 Å². The molecule has 2 aromatic carbocycles. The molecule has 10 heteroatoms. The molecule has 0 spiro atoms. The summed E-state index contributed by atoms with van der Waals surface area (Å²) in [5, 5.41) is 8.86. The van der Waals surface area contributed by atoms with Crippen molar-refractivity contribution in [2.45, 2.75) is 26.3 Å². The first kappa shape index (κ1) is 20.2. The largest absolute Gasteiger partial charge is 0.375 e. The van der Waals surface area contributed by atoms with E-state index in [0.717, 1.165) is 4.90 Å². The van der Waals surface area contributed by atoms with E-state index in [1.165, 1.54) is 13.2 Å². The fraction of sp³-hybridized carbons (Fsp3) is 0.238. The Labute approximate surface area is 177 Å². The summed E-state index contributed by atoms with van der Waals surface area (Å²) >= 11 is 0. The van der Waals surface area contributed by atoms with E-state index in [4.69, 9.17) is 0 Å². The molecule has 2 heterocycles. The number of carbonyl (C=O) groups excluding carboxylic acids is 2. The van der Waals surface area contributed by atoms with Crippen LogP contribution in [0.5, 0.6) is 0 Å². The van der Waals surface area contributed by atoms with Crippen LogP contribution in [0.25, 0.3) is 0 Å². The Kier molecular flexibility index (Phi) is 4.57. The molecule has 158 valence electrons. The van der Waals surface area contributed by atoms with Gasteiger partial charge in [0.2, 0.25) is 5.95 Å². The monoisotopic (exact) mass is 420 g/mol. The summed E-state index contributed by atoms with van der Waals surface area (Å²) < 4.78 is 0. The van der Waals surface area contributed by atoms with Crippen molar-refractivity contribution in [2.75, 3.05) is 23.0 Å². The van der Waals surface area contributed by atoms with Crippen LogP contribution in [0.2, 0.25) is 0 Å². The van der Waals surface area contributed by atoms with Crippen LogP contribution in [-0.4, -0.2) is 39.3 Å². The number of imide groups is 1. The fourth-order valence-corrected chi connectivity index (χ4v) is 3.19. The van der Waals surface area contributed by atoms with Gasteiger partial charge in [0.05, 0.1) is 11.1 Å². The molecule has 3 N–H and O–H groups in total. The minimum Gasteiger partial charge on any atom is -0.375 e. The van der Waals surface area contributed by atoms with E-state index >= 15 is 0 Å². The number of hydrogen-bond donors (Lipinski definition) is 3. The summed E-state index contributed by atoms with van der Waals surface area (Å²) in [6.45, 7) is 5.65. The second kappa shape index (κ2) is 7.01. The number of aromatic nitrogens is 2. The van der Waals surface area contributed by atoms with Gasteiger partial charge in [-0.3, -0.25) is 24.1 Å². The molecule has 0 atom stereocenters. The Bertz CT molecular complexity index is 1300. The number of rotatable bonds is 5. The molecule has 1 aliphatic rings. The van der Waals surface area contributed by atoms with E-state index < -0.39 is 16.4 Å². The molecule has 0 unspecified atom stereocenters. The van der Waals surface area contributed by atoms with Crippen LogP contribution >= 0.6 is 0 Å². The van der Waals surface area contributed by atoms with Crippen LogP contribution in [0, 0.1) is 0 Å². The highest BCUT2D eigenvalue weighted by atomic mass is 16.2. The highest BCUT2D eigenvalue weighted by Crippen LogP contribution is 2.27. The van der Waals surface area contributed by atoms with E-state index in [9.17, 15) is 19.2 Å². The van der Waals surface area contributed by atoms with Crippen molar-refractivity contribution in [3.8, 4) is 0 Å². The van der Waals surface area contributed by atoms with Gasteiger partial charge in [-0.05, 0) is 45.0 Å². The Morgan fingerprint density at radius 3 is 2.26 bits per heavy atom. The predicted octanol–water partition coefficient (Wildman–Crippen LogP) is 2.00. The van der Waals surface area contributed by atoms with Gasteiger partial charge in [-0.15, -0.1) is 0 Å². The van der Waals surface area contributed by atoms with Crippen LogP contribution in [0.1, 0.15) is 41.5 Å². The minimum atomic E-state index is -0.620. The van der Waals surface area contributed by atoms with E-state index in [0.29, 0.717) is 22.6 Å². The topological polar surface area (TPSA) is 133 Å². The predicted molar refractivity (Wildman–Crippen MR) is 116 cm³/mol. The van der Waals surface area contributed by atoms with Crippen LogP contribution < -0.4 is 26.8 Å². The van der Waals surface area contributed by atoms with Crippen molar-refractivity contribution in [1.29, 1.82) is 0 Å². The number of amides is 2. The number of nitrogens with zero attached hydrogens (tertiary/aromatic N) is 3. The van der Waals surface area contributed by atoms with Crippen molar-refractivity contribution in [3.63, 3.8) is 0 Å². The molecule has 0 radical (unpaired) electrons. The van der Waals surface area contributed by atoms with E-state index in [1.807, 2.05) is 20.8 Å². The summed E-state index contributed by atoms with van der Waals surface area (Å²) in [6.07, 6.45) is 1.48. The quantitative estimate of drug-likeness (QED) is 0.418. The highest BCUT2D eigenvalue weighted by Gasteiger charge is 2.32. The van der Waals surface area contributed by atoms with Gasteiger partial charge in [0, 0.05) is 24.5 Å². The molecule has 0 aliphatic carbocycles. The van der Waals surface area contributed by atoms with Crippen molar-refractivity contribution in [2.24, 2.45) is 0 Å². The van der Waals surface area contributed by atoms with Crippen LogP contribution in [-0.2, 0) is 0 Å². The maximum Gasteiger partial charge on any atom is 0.261 e. The van der Waals surface area contributed by atoms with Gasteiger partial charge >= 0.3 is 0 Å². The molecule has 31 heavy (non-hydrogen) atoms. The third kappa shape index (κ3) is 3.63. The normalized spacial score (nSPS) is 13.5. The van der Waals surface area contributed by atoms with Gasteiger partial charge in [0.15, 0.2) is 0 Å². The molecule has 4 rings (SSSR count). The SMILES string of the molecule is CN1C(=O)c2ccc(Nc3nccc(Nc4c(NC(C)(C)C)c(=O)c4=O)n3)cc2C1=O. The second-order valence-corrected chi connectivity index (χ2v) is 8.23. The van der Waals surface area contributed by atoms with Gasteiger partial charge in [-0.25, -0.2) is 4.98 Å². The van der Waals surface area contributed by atoms with Gasteiger partial charge in [-0.2, -0.15) is 4.98 Å². The number of hydrogen-bond acceptors (Lipinski definition) is 9. The summed E-state index contributed by atoms with van der Waals surface area (Å²) in [5.41, 5.74) is -0.0562. The molecular weight excluding hydrogens is 400 g/mol. The second-order valence-electron chi connectivity index (χ2n) is 8.23. The third-order valence-corrected chi connectivity index (χ3v) is 4.66. The van der Waals surface area contributed by atoms with E-state index in [1.54, 1.807) is 24.3 Å². The molecule has 0 saturated heterocycles. The first-order valence-electron chi connectivity index (χ1n) is 9.50. The number of benzene rings is 1. The lowest BCUT2D eigenvalue weighted by atomic mass is 10.1. The maximum atomic E-state index is 12.2. The standard InChI is InChI=1S/C21H20N6O4/c1-21(2,3)26-15-14(16(28)17(15)29)24-13-7-8-22-20(25-13)23-10-5-6-11-12(9-10)19(31)27(4)18(11)30/h5-9,26H,1-4H3,(H2,22,23,24,25). The summed E-state index contributed by atoms with van der Waals surface area (Å²) in [5.74, 6) is -0.201. The van der Waals surface area contributed by atoms with Crippen LogP contribution in [0.15, 0.2) is 40.1 Å².